The van der Waals surface area contributed by atoms with Gasteiger partial charge in [0.25, 0.3) is 0 Å². The van der Waals surface area contributed by atoms with Gasteiger partial charge in [-0.15, -0.1) is 0 Å². The number of nitriles is 1. The molecule has 5 rings (SSSR count). The highest BCUT2D eigenvalue weighted by Gasteiger charge is 2.31. The predicted octanol–water partition coefficient (Wildman–Crippen LogP) is 8.19. The van der Waals surface area contributed by atoms with Gasteiger partial charge in [-0.1, -0.05) is 72.9 Å². The number of fused-ring (bicyclic) bond motifs is 1. The predicted molar refractivity (Wildman–Crippen MR) is 165 cm³/mol. The van der Waals surface area contributed by atoms with Crippen LogP contribution in [-0.4, -0.2) is 12.6 Å². The Hall–Kier alpha value is -4.64. The molecule has 0 aliphatic carbocycles. The SMILES string of the molecule is CCCCOc1ccccc1C(=O)Oc1ccc2c(c1)OC(N)=C(C#N)C2c1ccc(OCc2ccc(Cl)cc2Cl)cc1. The molecule has 218 valence electrons. The fourth-order valence-electron chi connectivity index (χ4n) is 4.65. The fourth-order valence-corrected chi connectivity index (χ4v) is 5.11. The Morgan fingerprint density at radius 3 is 2.49 bits per heavy atom. The van der Waals surface area contributed by atoms with Crippen molar-refractivity contribution in [2.45, 2.75) is 32.3 Å². The zero-order valence-electron chi connectivity index (χ0n) is 23.3. The number of hydrogen-bond acceptors (Lipinski definition) is 7. The first-order valence-electron chi connectivity index (χ1n) is 13.7. The highest BCUT2D eigenvalue weighted by molar-refractivity contribution is 6.35. The second-order valence-corrected chi connectivity index (χ2v) is 10.6. The van der Waals surface area contributed by atoms with Crippen molar-refractivity contribution in [1.82, 2.24) is 0 Å². The monoisotopic (exact) mass is 614 g/mol. The lowest BCUT2D eigenvalue weighted by Gasteiger charge is -2.27. The van der Waals surface area contributed by atoms with Crippen LogP contribution in [0.15, 0.2) is 96.4 Å². The number of ether oxygens (including phenoxy) is 4. The molecule has 0 saturated heterocycles. The molecule has 1 aliphatic rings. The van der Waals surface area contributed by atoms with E-state index in [9.17, 15) is 10.1 Å². The van der Waals surface area contributed by atoms with Crippen molar-refractivity contribution in [3.8, 4) is 29.1 Å². The zero-order valence-corrected chi connectivity index (χ0v) is 24.8. The van der Waals surface area contributed by atoms with Crippen molar-refractivity contribution >= 4 is 29.2 Å². The van der Waals surface area contributed by atoms with Crippen LogP contribution in [0.25, 0.3) is 0 Å². The van der Waals surface area contributed by atoms with Crippen molar-refractivity contribution in [1.29, 1.82) is 5.26 Å². The number of benzene rings is 4. The summed E-state index contributed by atoms with van der Waals surface area (Å²) >= 11 is 12.2. The molecule has 0 bridgehead atoms. The number of nitrogens with two attached hydrogens (primary N) is 1. The topological polar surface area (TPSA) is 104 Å². The van der Waals surface area contributed by atoms with Crippen LogP contribution in [-0.2, 0) is 6.61 Å². The molecule has 9 heteroatoms. The Morgan fingerprint density at radius 2 is 1.74 bits per heavy atom. The van der Waals surface area contributed by atoms with Gasteiger partial charge in [0.15, 0.2) is 0 Å². The van der Waals surface area contributed by atoms with E-state index in [0.29, 0.717) is 45.0 Å². The number of rotatable bonds is 10. The van der Waals surface area contributed by atoms with Crippen LogP contribution in [0.2, 0.25) is 10.0 Å². The van der Waals surface area contributed by atoms with Gasteiger partial charge >= 0.3 is 5.97 Å². The third-order valence-corrected chi connectivity index (χ3v) is 7.47. The average molecular weight is 616 g/mol. The summed E-state index contributed by atoms with van der Waals surface area (Å²) in [6, 6.07) is 26.8. The molecule has 0 radical (unpaired) electrons. The standard InChI is InChI=1S/C34H28Cl2N2O5/c1-2-3-16-40-30-7-5-4-6-27(30)34(39)42-25-14-15-26-31(18-25)43-33(38)28(19-37)32(26)21-9-12-24(13-10-21)41-20-22-8-11-23(35)17-29(22)36/h4-15,17-18,32H,2-3,16,20,38H2,1H3. The second kappa shape index (κ2) is 13.6. The minimum absolute atomic E-state index is 0.0177. The van der Waals surface area contributed by atoms with Crippen LogP contribution in [0.5, 0.6) is 23.0 Å². The number of unbranched alkanes of at least 4 members (excludes halogenated alkanes) is 1. The minimum atomic E-state index is -0.559. The van der Waals surface area contributed by atoms with E-state index >= 15 is 0 Å². The van der Waals surface area contributed by atoms with Crippen molar-refractivity contribution in [2.75, 3.05) is 6.61 Å². The lowest BCUT2D eigenvalue weighted by Crippen LogP contribution is -2.21. The summed E-state index contributed by atoms with van der Waals surface area (Å²) in [5, 5.41) is 11.0. The molecule has 2 N–H and O–H groups in total. The number of nitrogens with zero attached hydrogens (tertiary/aromatic N) is 1. The molecule has 0 saturated carbocycles. The van der Waals surface area contributed by atoms with Crippen LogP contribution >= 0.6 is 23.2 Å². The van der Waals surface area contributed by atoms with Gasteiger partial charge in [-0.2, -0.15) is 5.26 Å². The molecular weight excluding hydrogens is 587 g/mol. The molecule has 1 aliphatic heterocycles. The number of halogens is 2. The number of carbonyl (C=O) groups is 1. The average Bonchev–Trinajstić information content (AvgIpc) is 3.00. The van der Waals surface area contributed by atoms with Crippen molar-refractivity contribution in [2.24, 2.45) is 5.73 Å². The van der Waals surface area contributed by atoms with E-state index in [0.717, 1.165) is 24.0 Å². The number of esters is 1. The zero-order chi connectivity index (χ0) is 30.3. The van der Waals surface area contributed by atoms with Gasteiger partial charge in [-0.05, 0) is 54.4 Å². The molecule has 7 nitrogen and oxygen atoms in total. The largest absolute Gasteiger partial charge is 0.493 e. The van der Waals surface area contributed by atoms with Gasteiger partial charge < -0.3 is 24.7 Å². The number of carbonyl (C=O) groups excluding carboxylic acids is 1. The first-order valence-corrected chi connectivity index (χ1v) is 14.5. The van der Waals surface area contributed by atoms with Crippen LogP contribution in [0.4, 0.5) is 0 Å². The van der Waals surface area contributed by atoms with Crippen molar-refractivity contribution < 1.29 is 23.7 Å². The molecule has 4 aromatic rings. The molecule has 0 spiro atoms. The Bertz CT molecular complexity index is 1710. The van der Waals surface area contributed by atoms with Crippen LogP contribution in [0, 0.1) is 11.3 Å². The molecule has 1 unspecified atom stereocenters. The molecule has 0 fully saturated rings. The molecular formula is C34H28Cl2N2O5. The van der Waals surface area contributed by atoms with E-state index in [2.05, 4.69) is 13.0 Å². The third kappa shape index (κ3) is 6.89. The number of allylic oxidation sites excluding steroid dienone is 1. The van der Waals surface area contributed by atoms with Gasteiger partial charge in [0, 0.05) is 27.2 Å². The first kappa shape index (κ1) is 29.8. The highest BCUT2D eigenvalue weighted by atomic mass is 35.5. The normalized spacial score (nSPS) is 13.9. The quantitative estimate of drug-likeness (QED) is 0.109. The lowest BCUT2D eigenvalue weighted by atomic mass is 9.83. The Balaban J connectivity index is 1.35. The maximum absolute atomic E-state index is 13.0. The molecule has 0 amide bonds. The molecule has 43 heavy (non-hydrogen) atoms. The minimum Gasteiger partial charge on any atom is -0.493 e. The Labute approximate surface area is 260 Å². The summed E-state index contributed by atoms with van der Waals surface area (Å²) in [7, 11) is 0. The van der Waals surface area contributed by atoms with Crippen LogP contribution in [0.3, 0.4) is 0 Å². The van der Waals surface area contributed by atoms with E-state index < -0.39 is 11.9 Å². The van der Waals surface area contributed by atoms with E-state index in [-0.39, 0.29) is 23.8 Å². The summed E-state index contributed by atoms with van der Waals surface area (Å²) in [5.41, 5.74) is 9.10. The maximum Gasteiger partial charge on any atom is 0.347 e. The fraction of sp³-hybridized carbons (Fsp3) is 0.176. The van der Waals surface area contributed by atoms with E-state index in [1.807, 2.05) is 30.3 Å². The van der Waals surface area contributed by atoms with E-state index in [1.54, 1.807) is 54.6 Å². The van der Waals surface area contributed by atoms with Gasteiger partial charge in [0.1, 0.15) is 46.8 Å². The molecule has 1 heterocycles. The van der Waals surface area contributed by atoms with E-state index in [1.165, 1.54) is 0 Å². The van der Waals surface area contributed by atoms with Gasteiger partial charge in [0.2, 0.25) is 5.88 Å². The van der Waals surface area contributed by atoms with Gasteiger partial charge in [-0.3, -0.25) is 0 Å². The maximum atomic E-state index is 13.0. The first-order chi connectivity index (χ1) is 20.9. The molecule has 4 aromatic carbocycles. The van der Waals surface area contributed by atoms with Crippen LogP contribution < -0.4 is 24.7 Å². The smallest absolute Gasteiger partial charge is 0.347 e. The molecule has 0 aromatic heterocycles. The Kier molecular flexibility index (Phi) is 9.41. The number of para-hydroxylation sites is 1. The third-order valence-electron chi connectivity index (χ3n) is 6.89. The van der Waals surface area contributed by atoms with Crippen LogP contribution in [0.1, 0.15) is 52.7 Å². The van der Waals surface area contributed by atoms with Crippen molar-refractivity contribution in [3.63, 3.8) is 0 Å². The van der Waals surface area contributed by atoms with Gasteiger partial charge in [-0.25, -0.2) is 4.79 Å². The second-order valence-electron chi connectivity index (χ2n) is 9.81. The van der Waals surface area contributed by atoms with Crippen molar-refractivity contribution in [3.05, 3.63) is 129 Å². The summed E-state index contributed by atoms with van der Waals surface area (Å²) in [5.74, 6) is 0.669. The highest BCUT2D eigenvalue weighted by Crippen LogP contribution is 2.44. The summed E-state index contributed by atoms with van der Waals surface area (Å²) in [6.45, 7) is 2.84. The molecule has 1 atom stereocenters. The van der Waals surface area contributed by atoms with Gasteiger partial charge in [0.05, 0.1) is 12.5 Å². The lowest BCUT2D eigenvalue weighted by molar-refractivity contribution is 0.0730. The van der Waals surface area contributed by atoms with E-state index in [4.69, 9.17) is 47.9 Å². The summed E-state index contributed by atoms with van der Waals surface area (Å²) < 4.78 is 23.2. The Morgan fingerprint density at radius 1 is 0.977 bits per heavy atom. The summed E-state index contributed by atoms with van der Waals surface area (Å²) in [4.78, 5) is 13.0. The summed E-state index contributed by atoms with van der Waals surface area (Å²) in [6.07, 6.45) is 1.85. The number of hydrogen-bond donors (Lipinski definition) is 1.